The Bertz CT molecular complexity index is 917. The molecule has 0 unspecified atom stereocenters. The molecule has 2 N–H and O–H groups in total. The van der Waals surface area contributed by atoms with Crippen LogP contribution in [-0.4, -0.2) is 24.0 Å². The summed E-state index contributed by atoms with van der Waals surface area (Å²) < 4.78 is 11.0. The van der Waals surface area contributed by atoms with Crippen LogP contribution in [0.15, 0.2) is 40.8 Å². The van der Waals surface area contributed by atoms with Gasteiger partial charge in [0.15, 0.2) is 5.58 Å². The number of oxazole rings is 1. The maximum atomic E-state index is 12.4. The largest absolute Gasteiger partial charge is 0.493 e. The Balaban J connectivity index is 1.55. The Hall–Kier alpha value is -3.02. The van der Waals surface area contributed by atoms with Crippen molar-refractivity contribution in [3.8, 4) is 5.75 Å². The van der Waals surface area contributed by atoms with Crippen molar-refractivity contribution < 1.29 is 13.9 Å². The van der Waals surface area contributed by atoms with Crippen molar-refractivity contribution in [1.29, 1.82) is 0 Å². The molecule has 122 valence electrons. The van der Waals surface area contributed by atoms with Crippen LogP contribution in [0, 0.1) is 0 Å². The first kappa shape index (κ1) is 14.6. The van der Waals surface area contributed by atoms with Crippen LogP contribution < -0.4 is 15.4 Å². The zero-order valence-electron chi connectivity index (χ0n) is 13.3. The van der Waals surface area contributed by atoms with Gasteiger partial charge in [0.1, 0.15) is 11.3 Å². The fourth-order valence-electron chi connectivity index (χ4n) is 2.76. The van der Waals surface area contributed by atoms with Crippen molar-refractivity contribution in [2.45, 2.75) is 13.3 Å². The Morgan fingerprint density at radius 3 is 3.04 bits per heavy atom. The van der Waals surface area contributed by atoms with Crippen molar-refractivity contribution in [3.63, 3.8) is 0 Å². The lowest BCUT2D eigenvalue weighted by Crippen LogP contribution is -2.11. The number of anilines is 2. The van der Waals surface area contributed by atoms with E-state index in [2.05, 4.69) is 15.6 Å². The third kappa shape index (κ3) is 2.67. The Morgan fingerprint density at radius 1 is 1.25 bits per heavy atom. The van der Waals surface area contributed by atoms with Crippen LogP contribution in [0.3, 0.4) is 0 Å². The third-order valence-electron chi connectivity index (χ3n) is 3.93. The maximum Gasteiger partial charge on any atom is 0.295 e. The van der Waals surface area contributed by atoms with Crippen LogP contribution in [0.5, 0.6) is 5.75 Å². The highest BCUT2D eigenvalue weighted by Crippen LogP contribution is 2.27. The number of ether oxygens (including phenoxy) is 1. The Labute approximate surface area is 138 Å². The zero-order valence-corrected chi connectivity index (χ0v) is 13.3. The van der Waals surface area contributed by atoms with Crippen LogP contribution in [0.1, 0.15) is 22.8 Å². The number of fused-ring (bicyclic) bond motifs is 2. The van der Waals surface area contributed by atoms with Gasteiger partial charge in [-0.15, -0.1) is 0 Å². The minimum atomic E-state index is -0.153. The number of amides is 1. The molecule has 2 aromatic carbocycles. The second-order valence-electron chi connectivity index (χ2n) is 5.61. The first-order valence-corrected chi connectivity index (χ1v) is 7.94. The summed E-state index contributed by atoms with van der Waals surface area (Å²) in [4.78, 5) is 16.8. The van der Waals surface area contributed by atoms with E-state index in [0.717, 1.165) is 24.3 Å². The van der Waals surface area contributed by atoms with Gasteiger partial charge in [0.05, 0.1) is 6.61 Å². The summed E-state index contributed by atoms with van der Waals surface area (Å²) in [6, 6.07) is 11.4. The van der Waals surface area contributed by atoms with E-state index in [-0.39, 0.29) is 5.91 Å². The summed E-state index contributed by atoms with van der Waals surface area (Å²) in [5, 5.41) is 5.93. The van der Waals surface area contributed by atoms with Crippen molar-refractivity contribution in [2.75, 3.05) is 23.8 Å². The van der Waals surface area contributed by atoms with Crippen molar-refractivity contribution >= 4 is 28.7 Å². The number of carbonyl (C=O) groups is 1. The standard InChI is InChI=1S/C18H17N3O3/c1-2-19-18-21-14-10-13(4-6-16(14)24-18)20-17(22)12-3-5-15-11(9-12)7-8-23-15/h3-6,9-10H,2,7-8H2,1H3,(H,19,21)(H,20,22). The van der Waals surface area contributed by atoms with E-state index >= 15 is 0 Å². The van der Waals surface area contributed by atoms with Gasteiger partial charge in [-0.1, -0.05) is 0 Å². The quantitative estimate of drug-likeness (QED) is 0.769. The lowest BCUT2D eigenvalue weighted by molar-refractivity contribution is 0.102. The number of rotatable bonds is 4. The second kappa shape index (κ2) is 5.88. The molecule has 0 bridgehead atoms. The Kier molecular flexibility index (Phi) is 3.57. The molecule has 0 saturated carbocycles. The minimum absolute atomic E-state index is 0.153. The van der Waals surface area contributed by atoms with Crippen LogP contribution in [0.25, 0.3) is 11.1 Å². The third-order valence-corrected chi connectivity index (χ3v) is 3.93. The predicted molar refractivity (Wildman–Crippen MR) is 91.8 cm³/mol. The predicted octanol–water partition coefficient (Wildman–Crippen LogP) is 3.45. The summed E-state index contributed by atoms with van der Waals surface area (Å²) in [6.45, 7) is 3.39. The van der Waals surface area contributed by atoms with Gasteiger partial charge in [0.2, 0.25) is 0 Å². The van der Waals surface area contributed by atoms with Crippen LogP contribution in [-0.2, 0) is 6.42 Å². The summed E-state index contributed by atoms with van der Waals surface area (Å²) >= 11 is 0. The molecule has 1 aliphatic heterocycles. The lowest BCUT2D eigenvalue weighted by atomic mass is 10.1. The van der Waals surface area contributed by atoms with Gasteiger partial charge < -0.3 is 19.8 Å². The molecule has 4 rings (SSSR count). The number of hydrogen-bond acceptors (Lipinski definition) is 5. The van der Waals surface area contributed by atoms with E-state index in [4.69, 9.17) is 9.15 Å². The molecule has 2 heterocycles. The SMILES string of the molecule is CCNc1nc2cc(NC(=O)c3ccc4c(c3)CCO4)ccc2o1. The van der Waals surface area contributed by atoms with Gasteiger partial charge in [-0.3, -0.25) is 4.79 Å². The average molecular weight is 323 g/mol. The number of benzene rings is 2. The molecule has 1 aromatic heterocycles. The maximum absolute atomic E-state index is 12.4. The molecule has 3 aromatic rings. The molecular weight excluding hydrogens is 306 g/mol. The van der Waals surface area contributed by atoms with Gasteiger partial charge in [-0.2, -0.15) is 4.98 Å². The van der Waals surface area contributed by atoms with Crippen LogP contribution in [0.4, 0.5) is 11.7 Å². The lowest BCUT2D eigenvalue weighted by Gasteiger charge is -2.06. The molecule has 6 nitrogen and oxygen atoms in total. The molecule has 0 fully saturated rings. The van der Waals surface area contributed by atoms with Gasteiger partial charge in [-0.05, 0) is 48.9 Å². The first-order chi connectivity index (χ1) is 11.7. The van der Waals surface area contributed by atoms with E-state index in [1.807, 2.05) is 19.1 Å². The number of nitrogens with one attached hydrogen (secondary N) is 2. The van der Waals surface area contributed by atoms with Crippen molar-refractivity contribution in [3.05, 3.63) is 47.5 Å². The van der Waals surface area contributed by atoms with Crippen molar-refractivity contribution in [2.24, 2.45) is 0 Å². The average Bonchev–Trinajstić information content (AvgIpc) is 3.19. The van der Waals surface area contributed by atoms with Crippen molar-refractivity contribution in [1.82, 2.24) is 4.98 Å². The monoisotopic (exact) mass is 323 g/mol. The zero-order chi connectivity index (χ0) is 16.5. The molecule has 0 atom stereocenters. The highest BCUT2D eigenvalue weighted by atomic mass is 16.5. The smallest absolute Gasteiger partial charge is 0.295 e. The summed E-state index contributed by atoms with van der Waals surface area (Å²) in [5.74, 6) is 0.714. The molecule has 24 heavy (non-hydrogen) atoms. The molecule has 1 amide bonds. The van der Waals surface area contributed by atoms with Gasteiger partial charge in [0.25, 0.3) is 11.9 Å². The van der Waals surface area contributed by atoms with E-state index < -0.39 is 0 Å². The topological polar surface area (TPSA) is 76.4 Å². The number of aromatic nitrogens is 1. The van der Waals surface area contributed by atoms with E-state index in [1.165, 1.54) is 0 Å². The molecule has 0 spiro atoms. The van der Waals surface area contributed by atoms with Gasteiger partial charge in [-0.25, -0.2) is 0 Å². The normalized spacial score (nSPS) is 12.7. The van der Waals surface area contributed by atoms with Crippen LogP contribution >= 0.6 is 0 Å². The first-order valence-electron chi connectivity index (χ1n) is 7.94. The number of hydrogen-bond donors (Lipinski definition) is 2. The van der Waals surface area contributed by atoms with E-state index in [1.54, 1.807) is 24.3 Å². The molecule has 0 saturated heterocycles. The molecule has 1 aliphatic rings. The Morgan fingerprint density at radius 2 is 2.17 bits per heavy atom. The molecule has 0 radical (unpaired) electrons. The summed E-state index contributed by atoms with van der Waals surface area (Å²) in [7, 11) is 0. The van der Waals surface area contributed by atoms with Gasteiger partial charge in [0, 0.05) is 24.2 Å². The molecule has 0 aliphatic carbocycles. The summed E-state index contributed by atoms with van der Waals surface area (Å²) in [5.41, 5.74) is 3.75. The van der Waals surface area contributed by atoms with E-state index in [0.29, 0.717) is 35.0 Å². The fraction of sp³-hybridized carbons (Fsp3) is 0.222. The fourth-order valence-corrected chi connectivity index (χ4v) is 2.76. The number of carbonyl (C=O) groups excluding carboxylic acids is 1. The highest BCUT2D eigenvalue weighted by molar-refractivity contribution is 6.05. The number of nitrogens with zero attached hydrogens (tertiary/aromatic N) is 1. The van der Waals surface area contributed by atoms with E-state index in [9.17, 15) is 4.79 Å². The molecule has 6 heteroatoms. The van der Waals surface area contributed by atoms with Gasteiger partial charge >= 0.3 is 0 Å². The van der Waals surface area contributed by atoms with Crippen LogP contribution in [0.2, 0.25) is 0 Å². The highest BCUT2D eigenvalue weighted by Gasteiger charge is 2.15. The molecular formula is C18H17N3O3. The second-order valence-corrected chi connectivity index (χ2v) is 5.61. The minimum Gasteiger partial charge on any atom is -0.493 e. The summed E-state index contributed by atoms with van der Waals surface area (Å²) in [6.07, 6.45) is 0.842.